The van der Waals surface area contributed by atoms with E-state index < -0.39 is 20.0 Å². The van der Waals surface area contributed by atoms with Crippen LogP contribution in [0.25, 0.3) is 0 Å². The molecule has 0 aliphatic carbocycles. The minimum Gasteiger partial charge on any atom is -0.345 e. The van der Waals surface area contributed by atoms with Crippen LogP contribution in [0.3, 0.4) is 0 Å². The molecule has 0 saturated carbocycles. The number of hydrogen-bond acceptors (Lipinski definition) is 6. The first-order valence-corrected chi connectivity index (χ1v) is 15.5. The van der Waals surface area contributed by atoms with E-state index in [9.17, 15) is 16.8 Å². The number of nitrogens with one attached hydrogen (secondary N) is 2. The summed E-state index contributed by atoms with van der Waals surface area (Å²) in [4.78, 5) is 4.40. The predicted octanol–water partition coefficient (Wildman–Crippen LogP) is 2.52. The maximum Gasteiger partial charge on any atom is 0.242 e. The second-order valence-electron chi connectivity index (χ2n) is 9.36. The zero-order valence-corrected chi connectivity index (χ0v) is 25.6. The van der Waals surface area contributed by atoms with Gasteiger partial charge in [0, 0.05) is 65.7 Å². The number of nitrogens with zero attached hydrogens (tertiary/aromatic N) is 4. The molecule has 0 bridgehead atoms. The van der Waals surface area contributed by atoms with Crippen LogP contribution in [0, 0.1) is 13.8 Å². The quantitative estimate of drug-likeness (QED) is 0.482. The van der Waals surface area contributed by atoms with Crippen molar-refractivity contribution in [1.82, 2.24) is 18.4 Å². The first-order chi connectivity index (χ1) is 17.6. The zero-order chi connectivity index (χ0) is 28.4. The highest BCUT2D eigenvalue weighted by molar-refractivity contribution is 7.89. The number of thiocarbonyl (C=S) groups is 2. The maximum atomic E-state index is 12.5. The van der Waals surface area contributed by atoms with Gasteiger partial charge in [0.2, 0.25) is 20.0 Å². The Morgan fingerprint density at radius 3 is 1.29 bits per heavy atom. The fraction of sp³-hybridized carbons (Fsp3) is 0.417. The van der Waals surface area contributed by atoms with Crippen LogP contribution in [-0.4, -0.2) is 99.8 Å². The minimum absolute atomic E-state index is 0.192. The van der Waals surface area contributed by atoms with Gasteiger partial charge in [-0.15, -0.1) is 0 Å². The average Bonchev–Trinajstić information content (AvgIpc) is 2.86. The third-order valence-corrected chi connectivity index (χ3v) is 10.7. The molecule has 1 aliphatic heterocycles. The third kappa shape index (κ3) is 6.61. The standard InChI is InChI=1S/C24H34N6O4S4/c1-17-7-9-19(37(31,32)27(3)4)15-21(17)25-23(35)29-11-13-30(14-12-29)24(36)26-22-16-20(10-8-18(22)2)38(33,34)28(5)6/h7-10,15-16H,11-14H2,1-6H3,(H,25,35)(H,26,36). The van der Waals surface area contributed by atoms with E-state index in [1.165, 1.54) is 36.8 Å². The van der Waals surface area contributed by atoms with Crippen molar-refractivity contribution in [2.45, 2.75) is 23.6 Å². The Balaban J connectivity index is 1.64. The van der Waals surface area contributed by atoms with Crippen LogP contribution in [0.15, 0.2) is 46.2 Å². The largest absolute Gasteiger partial charge is 0.345 e. The van der Waals surface area contributed by atoms with Crippen LogP contribution in [0.4, 0.5) is 11.4 Å². The molecule has 38 heavy (non-hydrogen) atoms. The van der Waals surface area contributed by atoms with E-state index in [4.69, 9.17) is 24.4 Å². The Bertz CT molecular complexity index is 1320. The summed E-state index contributed by atoms with van der Waals surface area (Å²) in [5.74, 6) is 0. The lowest BCUT2D eigenvalue weighted by molar-refractivity contribution is 0.264. The van der Waals surface area contributed by atoms with E-state index in [0.717, 1.165) is 11.1 Å². The van der Waals surface area contributed by atoms with E-state index in [0.29, 0.717) is 47.8 Å². The summed E-state index contributed by atoms with van der Waals surface area (Å²) in [7, 11) is -1.15. The minimum atomic E-state index is -3.57. The van der Waals surface area contributed by atoms with Crippen molar-refractivity contribution in [3.63, 3.8) is 0 Å². The van der Waals surface area contributed by atoms with Crippen molar-refractivity contribution in [2.24, 2.45) is 0 Å². The van der Waals surface area contributed by atoms with E-state index in [1.54, 1.807) is 36.4 Å². The molecule has 2 N–H and O–H groups in total. The van der Waals surface area contributed by atoms with Crippen molar-refractivity contribution < 1.29 is 16.8 Å². The molecule has 2 aromatic carbocycles. The second-order valence-corrected chi connectivity index (χ2v) is 14.4. The average molecular weight is 599 g/mol. The number of anilines is 2. The molecule has 1 fully saturated rings. The third-order valence-electron chi connectivity index (χ3n) is 6.31. The summed E-state index contributed by atoms with van der Waals surface area (Å²) in [6.07, 6.45) is 0. The van der Waals surface area contributed by atoms with E-state index in [-0.39, 0.29) is 9.79 Å². The van der Waals surface area contributed by atoms with Gasteiger partial charge < -0.3 is 20.4 Å². The Morgan fingerprint density at radius 2 is 1.00 bits per heavy atom. The number of sulfonamides is 2. The van der Waals surface area contributed by atoms with Gasteiger partial charge in [-0.05, 0) is 73.7 Å². The van der Waals surface area contributed by atoms with E-state index in [1.807, 2.05) is 23.6 Å². The molecule has 1 aliphatic rings. The monoisotopic (exact) mass is 598 g/mol. The molecule has 10 nitrogen and oxygen atoms in total. The van der Waals surface area contributed by atoms with Crippen molar-refractivity contribution in [3.8, 4) is 0 Å². The highest BCUT2D eigenvalue weighted by atomic mass is 32.2. The number of benzene rings is 2. The van der Waals surface area contributed by atoms with Gasteiger partial charge in [-0.1, -0.05) is 12.1 Å². The lowest BCUT2D eigenvalue weighted by atomic mass is 10.2. The molecule has 1 saturated heterocycles. The van der Waals surface area contributed by atoms with Crippen molar-refractivity contribution in [1.29, 1.82) is 0 Å². The van der Waals surface area contributed by atoms with Crippen LogP contribution in [0.5, 0.6) is 0 Å². The lowest BCUT2D eigenvalue weighted by Crippen LogP contribution is -2.52. The molecule has 1 heterocycles. The molecular formula is C24H34N6O4S4. The Morgan fingerprint density at radius 1 is 0.684 bits per heavy atom. The first-order valence-electron chi connectivity index (χ1n) is 11.8. The molecule has 0 unspecified atom stereocenters. The summed E-state index contributed by atoms with van der Waals surface area (Å²) < 4.78 is 52.5. The van der Waals surface area contributed by atoms with Gasteiger partial charge in [-0.3, -0.25) is 0 Å². The molecule has 0 amide bonds. The highest BCUT2D eigenvalue weighted by Gasteiger charge is 2.24. The Labute approximate surface area is 236 Å². The Hall–Kier alpha value is -2.36. The van der Waals surface area contributed by atoms with Gasteiger partial charge in [0.15, 0.2) is 10.2 Å². The first kappa shape index (κ1) is 30.2. The summed E-state index contributed by atoms with van der Waals surface area (Å²) >= 11 is 11.3. The molecule has 208 valence electrons. The normalized spacial score (nSPS) is 14.6. The van der Waals surface area contributed by atoms with Crippen LogP contribution in [0.2, 0.25) is 0 Å². The molecule has 2 aromatic rings. The van der Waals surface area contributed by atoms with Crippen LogP contribution in [0.1, 0.15) is 11.1 Å². The smallest absolute Gasteiger partial charge is 0.242 e. The molecule has 0 radical (unpaired) electrons. The summed E-state index contributed by atoms with van der Waals surface area (Å²) in [5, 5.41) is 7.40. The molecule has 14 heteroatoms. The van der Waals surface area contributed by atoms with Crippen molar-refractivity contribution in [3.05, 3.63) is 47.5 Å². The molecule has 0 spiro atoms. The topological polar surface area (TPSA) is 105 Å². The van der Waals surface area contributed by atoms with Crippen molar-refractivity contribution in [2.75, 3.05) is 65.0 Å². The van der Waals surface area contributed by atoms with E-state index in [2.05, 4.69) is 10.6 Å². The second kappa shape index (κ2) is 11.8. The van der Waals surface area contributed by atoms with Crippen LogP contribution < -0.4 is 10.6 Å². The molecule has 3 rings (SSSR count). The molecule has 0 atom stereocenters. The van der Waals surface area contributed by atoms with Crippen molar-refractivity contribution >= 4 is 66.1 Å². The number of rotatable bonds is 6. The van der Waals surface area contributed by atoms with Crippen LogP contribution in [-0.2, 0) is 20.0 Å². The zero-order valence-electron chi connectivity index (χ0n) is 22.3. The Kier molecular flexibility index (Phi) is 9.37. The summed E-state index contributed by atoms with van der Waals surface area (Å²) in [6.45, 7) is 6.21. The lowest BCUT2D eigenvalue weighted by Gasteiger charge is -2.37. The van der Waals surface area contributed by atoms with Gasteiger partial charge >= 0.3 is 0 Å². The predicted molar refractivity (Wildman–Crippen MR) is 160 cm³/mol. The SMILES string of the molecule is Cc1ccc(S(=O)(=O)N(C)C)cc1NC(=S)N1CCN(C(=S)Nc2cc(S(=O)(=O)N(C)C)ccc2C)CC1. The number of hydrogen-bond donors (Lipinski definition) is 2. The van der Waals surface area contributed by atoms with Gasteiger partial charge in [-0.25, -0.2) is 25.4 Å². The van der Waals surface area contributed by atoms with Gasteiger partial charge in [-0.2, -0.15) is 0 Å². The highest BCUT2D eigenvalue weighted by Crippen LogP contribution is 2.24. The van der Waals surface area contributed by atoms with E-state index >= 15 is 0 Å². The number of piperazine rings is 1. The van der Waals surface area contributed by atoms with Gasteiger partial charge in [0.05, 0.1) is 9.79 Å². The van der Waals surface area contributed by atoms with Gasteiger partial charge in [0.1, 0.15) is 0 Å². The molecular weight excluding hydrogens is 565 g/mol. The fourth-order valence-corrected chi connectivity index (χ4v) is 6.16. The summed E-state index contributed by atoms with van der Waals surface area (Å²) in [5.41, 5.74) is 3.03. The molecule has 0 aromatic heterocycles. The summed E-state index contributed by atoms with van der Waals surface area (Å²) in [6, 6.07) is 9.87. The van der Waals surface area contributed by atoms with Gasteiger partial charge in [0.25, 0.3) is 0 Å². The maximum absolute atomic E-state index is 12.5. The number of aryl methyl sites for hydroxylation is 2. The van der Waals surface area contributed by atoms with Crippen LogP contribution >= 0.6 is 24.4 Å². The fourth-order valence-electron chi connectivity index (χ4n) is 3.72.